The quantitative estimate of drug-likeness (QED) is 0.698. The molecule has 90 valence electrons. The van der Waals surface area contributed by atoms with Gasteiger partial charge in [0.05, 0.1) is 12.3 Å². The number of carbonyl (C=O) groups excluding carboxylic acids is 1. The van der Waals surface area contributed by atoms with E-state index >= 15 is 0 Å². The number of esters is 1. The minimum Gasteiger partial charge on any atom is -0.460 e. The molecule has 0 fully saturated rings. The molecule has 4 heteroatoms. The fraction of sp³-hybridized carbons (Fsp3) is 0.667. The van der Waals surface area contributed by atoms with Crippen LogP contribution in [0.4, 0.5) is 0 Å². The Balaban J connectivity index is 2.81. The van der Waals surface area contributed by atoms with Crippen molar-refractivity contribution in [3.63, 3.8) is 0 Å². The van der Waals surface area contributed by atoms with Crippen LogP contribution in [0.15, 0.2) is 4.42 Å². The van der Waals surface area contributed by atoms with E-state index in [1.54, 1.807) is 6.92 Å². The third-order valence-corrected chi connectivity index (χ3v) is 2.28. The van der Waals surface area contributed by atoms with Gasteiger partial charge in [0.15, 0.2) is 5.89 Å². The van der Waals surface area contributed by atoms with E-state index in [1.807, 2.05) is 6.92 Å². The Labute approximate surface area is 96.0 Å². The van der Waals surface area contributed by atoms with Gasteiger partial charge in [0, 0.05) is 6.42 Å². The van der Waals surface area contributed by atoms with E-state index in [0.29, 0.717) is 24.6 Å². The molecular weight excluding hydrogens is 206 g/mol. The molecule has 1 aromatic rings. The van der Waals surface area contributed by atoms with Crippen LogP contribution in [0, 0.1) is 0 Å². The number of unbranched alkanes of at least 4 members (excludes halogenated alkanes) is 1. The first kappa shape index (κ1) is 12.7. The maximum Gasteiger partial charge on any atom is 0.376 e. The van der Waals surface area contributed by atoms with Gasteiger partial charge in [-0.05, 0) is 19.8 Å². The fourth-order valence-electron chi connectivity index (χ4n) is 1.43. The number of aryl methyl sites for hydroxylation is 2. The van der Waals surface area contributed by atoms with Gasteiger partial charge < -0.3 is 9.15 Å². The van der Waals surface area contributed by atoms with Crippen LogP contribution >= 0.6 is 0 Å². The Morgan fingerprint density at radius 1 is 1.38 bits per heavy atom. The first-order valence-electron chi connectivity index (χ1n) is 5.88. The predicted octanol–water partition coefficient (Wildman–Crippen LogP) is 2.76. The van der Waals surface area contributed by atoms with Crippen LogP contribution in [0.25, 0.3) is 0 Å². The van der Waals surface area contributed by atoms with Gasteiger partial charge in [0.1, 0.15) is 0 Å². The van der Waals surface area contributed by atoms with E-state index in [4.69, 9.17) is 9.15 Å². The molecule has 0 unspecified atom stereocenters. The number of oxazole rings is 1. The maximum atomic E-state index is 11.6. The Morgan fingerprint density at radius 3 is 2.69 bits per heavy atom. The molecular formula is C12H19NO3. The van der Waals surface area contributed by atoms with E-state index in [-0.39, 0.29) is 5.76 Å². The molecule has 4 nitrogen and oxygen atoms in total. The molecule has 16 heavy (non-hydrogen) atoms. The average molecular weight is 225 g/mol. The zero-order valence-corrected chi connectivity index (χ0v) is 10.2. The highest BCUT2D eigenvalue weighted by molar-refractivity contribution is 5.87. The number of hydrogen-bond acceptors (Lipinski definition) is 4. The lowest BCUT2D eigenvalue weighted by molar-refractivity contribution is 0.0486. The Kier molecular flexibility index (Phi) is 5.02. The Bertz CT molecular complexity index is 344. The summed E-state index contributed by atoms with van der Waals surface area (Å²) in [7, 11) is 0. The molecule has 0 atom stereocenters. The van der Waals surface area contributed by atoms with Crippen LogP contribution in [0.3, 0.4) is 0 Å². The second-order valence-corrected chi connectivity index (χ2v) is 3.56. The van der Waals surface area contributed by atoms with Crippen LogP contribution < -0.4 is 0 Å². The lowest BCUT2D eigenvalue weighted by atomic mass is 10.2. The van der Waals surface area contributed by atoms with Crippen molar-refractivity contribution in [2.24, 2.45) is 0 Å². The Hall–Kier alpha value is -1.32. The van der Waals surface area contributed by atoms with Crippen molar-refractivity contribution in [1.82, 2.24) is 4.98 Å². The number of nitrogens with zero attached hydrogens (tertiary/aromatic N) is 1. The summed E-state index contributed by atoms with van der Waals surface area (Å²) in [5, 5.41) is 0. The standard InChI is InChI=1S/C12H19NO3/c1-4-7-8-10-13-9(5-2)11(16-10)12(14)15-6-3/h4-8H2,1-3H3. The second kappa shape index (κ2) is 6.30. The second-order valence-electron chi connectivity index (χ2n) is 3.56. The lowest BCUT2D eigenvalue weighted by Gasteiger charge is -1.98. The first-order chi connectivity index (χ1) is 7.72. The van der Waals surface area contributed by atoms with Crippen molar-refractivity contribution < 1.29 is 13.9 Å². The molecule has 0 aliphatic carbocycles. The maximum absolute atomic E-state index is 11.6. The predicted molar refractivity (Wildman–Crippen MR) is 60.4 cm³/mol. The van der Waals surface area contributed by atoms with Gasteiger partial charge >= 0.3 is 5.97 Å². The molecule has 0 N–H and O–H groups in total. The van der Waals surface area contributed by atoms with Gasteiger partial charge in [0.25, 0.3) is 0 Å². The summed E-state index contributed by atoms with van der Waals surface area (Å²) in [5.74, 6) is 0.506. The highest BCUT2D eigenvalue weighted by Gasteiger charge is 2.19. The molecule has 1 heterocycles. The molecule has 0 saturated carbocycles. The number of rotatable bonds is 6. The van der Waals surface area contributed by atoms with Gasteiger partial charge in [0.2, 0.25) is 5.76 Å². The molecule has 1 rings (SSSR count). The zero-order valence-electron chi connectivity index (χ0n) is 10.2. The molecule has 0 aliphatic rings. The molecule has 0 aliphatic heterocycles. The van der Waals surface area contributed by atoms with Crippen molar-refractivity contribution in [1.29, 1.82) is 0 Å². The summed E-state index contributed by atoms with van der Waals surface area (Å²) >= 11 is 0. The molecule has 1 aromatic heterocycles. The summed E-state index contributed by atoms with van der Waals surface area (Å²) in [5.41, 5.74) is 0.699. The summed E-state index contributed by atoms with van der Waals surface area (Å²) < 4.78 is 10.4. The summed E-state index contributed by atoms with van der Waals surface area (Å²) in [4.78, 5) is 15.9. The monoisotopic (exact) mass is 225 g/mol. The highest BCUT2D eigenvalue weighted by atomic mass is 16.5. The van der Waals surface area contributed by atoms with Crippen LogP contribution in [0.5, 0.6) is 0 Å². The smallest absolute Gasteiger partial charge is 0.376 e. The zero-order chi connectivity index (χ0) is 12.0. The topological polar surface area (TPSA) is 52.3 Å². The van der Waals surface area contributed by atoms with Crippen molar-refractivity contribution in [3.8, 4) is 0 Å². The summed E-state index contributed by atoms with van der Waals surface area (Å²) in [6.45, 7) is 6.19. The van der Waals surface area contributed by atoms with E-state index in [1.165, 1.54) is 0 Å². The largest absolute Gasteiger partial charge is 0.460 e. The fourth-order valence-corrected chi connectivity index (χ4v) is 1.43. The van der Waals surface area contributed by atoms with Crippen LogP contribution in [-0.2, 0) is 17.6 Å². The van der Waals surface area contributed by atoms with Crippen LogP contribution in [-0.4, -0.2) is 17.6 Å². The van der Waals surface area contributed by atoms with Crippen molar-refractivity contribution >= 4 is 5.97 Å². The third kappa shape index (κ3) is 3.08. The summed E-state index contributed by atoms with van der Waals surface area (Å²) in [6.07, 6.45) is 3.57. The normalized spacial score (nSPS) is 10.4. The van der Waals surface area contributed by atoms with Crippen molar-refractivity contribution in [2.45, 2.75) is 46.5 Å². The molecule has 0 saturated heterocycles. The van der Waals surface area contributed by atoms with Gasteiger partial charge in [-0.2, -0.15) is 0 Å². The van der Waals surface area contributed by atoms with Crippen LogP contribution in [0.2, 0.25) is 0 Å². The molecule has 0 bridgehead atoms. The minimum atomic E-state index is -0.408. The van der Waals surface area contributed by atoms with Crippen molar-refractivity contribution in [2.75, 3.05) is 6.61 Å². The molecule has 0 radical (unpaired) electrons. The van der Waals surface area contributed by atoms with Crippen LogP contribution in [0.1, 0.15) is 55.8 Å². The summed E-state index contributed by atoms with van der Waals surface area (Å²) in [6, 6.07) is 0. The Morgan fingerprint density at radius 2 is 2.12 bits per heavy atom. The van der Waals surface area contributed by atoms with Gasteiger partial charge in [-0.1, -0.05) is 20.3 Å². The van der Waals surface area contributed by atoms with Gasteiger partial charge in [-0.25, -0.2) is 9.78 Å². The van der Waals surface area contributed by atoms with E-state index in [0.717, 1.165) is 19.3 Å². The third-order valence-electron chi connectivity index (χ3n) is 2.28. The minimum absolute atomic E-state index is 0.274. The first-order valence-corrected chi connectivity index (χ1v) is 5.88. The molecule has 0 aromatic carbocycles. The van der Waals surface area contributed by atoms with Crippen molar-refractivity contribution in [3.05, 3.63) is 17.3 Å². The van der Waals surface area contributed by atoms with E-state index < -0.39 is 5.97 Å². The van der Waals surface area contributed by atoms with E-state index in [2.05, 4.69) is 11.9 Å². The number of ether oxygens (including phenoxy) is 1. The number of aromatic nitrogens is 1. The highest BCUT2D eigenvalue weighted by Crippen LogP contribution is 2.15. The number of carbonyl (C=O) groups is 1. The molecule has 0 amide bonds. The lowest BCUT2D eigenvalue weighted by Crippen LogP contribution is -2.05. The van der Waals surface area contributed by atoms with E-state index in [9.17, 15) is 4.79 Å². The van der Waals surface area contributed by atoms with Gasteiger partial charge in [-0.3, -0.25) is 0 Å². The molecule has 0 spiro atoms. The average Bonchev–Trinajstić information content (AvgIpc) is 2.70. The van der Waals surface area contributed by atoms with Gasteiger partial charge in [-0.15, -0.1) is 0 Å². The number of hydrogen-bond donors (Lipinski definition) is 0. The SMILES string of the molecule is CCCCc1nc(CC)c(C(=O)OCC)o1.